The molecule has 0 spiro atoms. The first-order valence-corrected chi connectivity index (χ1v) is 6.64. The van der Waals surface area contributed by atoms with Crippen LogP contribution in [0.1, 0.15) is 12.1 Å². The van der Waals surface area contributed by atoms with Crippen molar-refractivity contribution in [3.8, 4) is 5.75 Å². The summed E-state index contributed by atoms with van der Waals surface area (Å²) in [5.41, 5.74) is 7.96. The molecule has 2 N–H and O–H groups in total. The van der Waals surface area contributed by atoms with Crippen molar-refractivity contribution in [2.75, 3.05) is 26.3 Å². The molecule has 2 rings (SSSR count). The van der Waals surface area contributed by atoms with Crippen LogP contribution < -0.4 is 15.6 Å². The largest absolute Gasteiger partial charge is 0.494 e. The number of benzene rings is 1. The number of ether oxygens (including phenoxy) is 2. The molecular weight excluding hydrogens is 270 g/mol. The average molecular weight is 289 g/mol. The summed E-state index contributed by atoms with van der Waals surface area (Å²) in [5.74, 6) is 0.562. The first-order chi connectivity index (χ1) is 10.2. The highest BCUT2D eigenvalue weighted by Gasteiger charge is 2.09. The van der Waals surface area contributed by atoms with Crippen LogP contribution in [0.15, 0.2) is 24.3 Å². The van der Waals surface area contributed by atoms with Crippen molar-refractivity contribution in [3.63, 3.8) is 0 Å². The molecule has 21 heavy (non-hydrogen) atoms. The number of amides is 1. The highest BCUT2D eigenvalue weighted by molar-refractivity contribution is 5.95. The van der Waals surface area contributed by atoms with Crippen LogP contribution in [0, 0.1) is 6.92 Å². The minimum Gasteiger partial charge on any atom is -0.494 e. The third-order valence-electron chi connectivity index (χ3n) is 3.02. The van der Waals surface area contributed by atoms with E-state index in [9.17, 15) is 4.79 Å². The van der Waals surface area contributed by atoms with E-state index < -0.39 is 0 Å². The number of nitrogens with zero attached hydrogens (tertiary/aromatic N) is 1. The van der Waals surface area contributed by atoms with Gasteiger partial charge in [0, 0.05) is 18.2 Å². The number of aryl methyl sites for hydroxylation is 1. The minimum absolute atomic E-state index is 0.137. The molecular formula is C15H19N3O3. The van der Waals surface area contributed by atoms with Crippen LogP contribution in [0.25, 0.3) is 10.9 Å². The van der Waals surface area contributed by atoms with Gasteiger partial charge in [0.25, 0.3) is 0 Å². The summed E-state index contributed by atoms with van der Waals surface area (Å²) >= 11 is 0. The molecule has 0 radical (unpaired) electrons. The molecule has 0 saturated heterocycles. The van der Waals surface area contributed by atoms with E-state index in [1.54, 1.807) is 14.2 Å². The lowest BCUT2D eigenvalue weighted by Crippen LogP contribution is -2.30. The van der Waals surface area contributed by atoms with Gasteiger partial charge in [0.2, 0.25) is 5.91 Å². The van der Waals surface area contributed by atoms with Crippen LogP contribution in [-0.4, -0.2) is 31.7 Å². The van der Waals surface area contributed by atoms with Crippen molar-refractivity contribution in [2.45, 2.75) is 13.3 Å². The molecule has 6 nitrogen and oxygen atoms in total. The van der Waals surface area contributed by atoms with Gasteiger partial charge in [-0.25, -0.2) is 4.98 Å². The van der Waals surface area contributed by atoms with Crippen LogP contribution in [0.3, 0.4) is 0 Å². The molecule has 2 aromatic rings. The molecule has 0 bridgehead atoms. The number of aromatic nitrogens is 1. The number of hydrogen-bond acceptors (Lipinski definition) is 5. The lowest BCUT2D eigenvalue weighted by atomic mass is 10.1. The van der Waals surface area contributed by atoms with Crippen molar-refractivity contribution in [2.24, 2.45) is 0 Å². The summed E-state index contributed by atoms with van der Waals surface area (Å²) < 4.78 is 10.2. The molecule has 1 heterocycles. The van der Waals surface area contributed by atoms with E-state index in [0.717, 1.165) is 22.3 Å². The Labute approximate surface area is 123 Å². The Morgan fingerprint density at radius 3 is 2.86 bits per heavy atom. The number of hydrazine groups is 1. The van der Waals surface area contributed by atoms with Gasteiger partial charge >= 0.3 is 0 Å². The summed E-state index contributed by atoms with van der Waals surface area (Å²) in [6.07, 6.45) is 0.300. The van der Waals surface area contributed by atoms with E-state index in [1.807, 2.05) is 31.2 Å². The van der Waals surface area contributed by atoms with E-state index in [2.05, 4.69) is 15.8 Å². The fraction of sp³-hybridized carbons (Fsp3) is 0.333. The number of carbonyl (C=O) groups is 1. The Morgan fingerprint density at radius 2 is 2.14 bits per heavy atom. The third-order valence-corrected chi connectivity index (χ3v) is 3.02. The van der Waals surface area contributed by atoms with E-state index >= 15 is 0 Å². The van der Waals surface area contributed by atoms with E-state index in [0.29, 0.717) is 18.8 Å². The number of anilines is 1. The topological polar surface area (TPSA) is 72.5 Å². The van der Waals surface area contributed by atoms with Gasteiger partial charge in [-0.3, -0.25) is 15.6 Å². The second-order valence-corrected chi connectivity index (χ2v) is 4.58. The zero-order valence-corrected chi connectivity index (χ0v) is 12.4. The van der Waals surface area contributed by atoms with Crippen molar-refractivity contribution in [1.82, 2.24) is 10.4 Å². The van der Waals surface area contributed by atoms with Crippen molar-refractivity contribution in [3.05, 3.63) is 30.0 Å². The SMILES string of the molecule is COCCC(=O)NNc1cc(C)nc2c(OC)cccc12. The lowest BCUT2D eigenvalue weighted by molar-refractivity contribution is -0.121. The molecule has 1 amide bonds. The first kappa shape index (κ1) is 15.1. The predicted molar refractivity (Wildman–Crippen MR) is 81.3 cm³/mol. The standard InChI is InChI=1S/C15H19N3O3/c1-10-9-12(17-18-14(19)7-8-20-2)11-5-4-6-13(21-3)15(11)16-10/h4-6,9H,7-8H2,1-3H3,(H,16,17)(H,18,19). The molecule has 0 aliphatic rings. The Balaban J connectivity index is 2.25. The quantitative estimate of drug-likeness (QED) is 0.796. The van der Waals surface area contributed by atoms with Crippen LogP contribution in [0.2, 0.25) is 0 Å². The predicted octanol–water partition coefficient (Wildman–Crippen LogP) is 2.03. The van der Waals surface area contributed by atoms with Crippen molar-refractivity contribution in [1.29, 1.82) is 0 Å². The van der Waals surface area contributed by atoms with Gasteiger partial charge in [0.15, 0.2) is 0 Å². The Morgan fingerprint density at radius 1 is 1.33 bits per heavy atom. The lowest BCUT2D eigenvalue weighted by Gasteiger charge is -2.13. The molecule has 0 saturated carbocycles. The zero-order valence-electron chi connectivity index (χ0n) is 12.4. The smallest absolute Gasteiger partial charge is 0.240 e. The van der Waals surface area contributed by atoms with Crippen LogP contribution in [-0.2, 0) is 9.53 Å². The van der Waals surface area contributed by atoms with Crippen LogP contribution >= 0.6 is 0 Å². The van der Waals surface area contributed by atoms with Crippen molar-refractivity contribution < 1.29 is 14.3 Å². The molecule has 0 aliphatic heterocycles. The highest BCUT2D eigenvalue weighted by atomic mass is 16.5. The van der Waals surface area contributed by atoms with Gasteiger partial charge in [-0.15, -0.1) is 0 Å². The average Bonchev–Trinajstić information content (AvgIpc) is 2.49. The van der Waals surface area contributed by atoms with Gasteiger partial charge in [-0.05, 0) is 19.1 Å². The summed E-state index contributed by atoms with van der Waals surface area (Å²) in [4.78, 5) is 16.1. The fourth-order valence-corrected chi connectivity index (χ4v) is 2.01. The number of nitrogens with one attached hydrogen (secondary N) is 2. The van der Waals surface area contributed by atoms with Gasteiger partial charge < -0.3 is 9.47 Å². The molecule has 0 unspecified atom stereocenters. The van der Waals surface area contributed by atoms with Crippen LogP contribution in [0.4, 0.5) is 5.69 Å². The normalized spacial score (nSPS) is 10.4. The molecule has 1 aromatic carbocycles. The van der Waals surface area contributed by atoms with Gasteiger partial charge in [0.1, 0.15) is 11.3 Å². The maximum atomic E-state index is 11.6. The van der Waals surface area contributed by atoms with Gasteiger partial charge in [0.05, 0.1) is 25.8 Å². The number of carbonyl (C=O) groups excluding carboxylic acids is 1. The third kappa shape index (κ3) is 3.61. The van der Waals surface area contributed by atoms with E-state index in [1.165, 1.54) is 0 Å². The Bertz CT molecular complexity index is 643. The first-order valence-electron chi connectivity index (χ1n) is 6.64. The molecule has 1 aromatic heterocycles. The molecule has 0 fully saturated rings. The molecule has 6 heteroatoms. The summed E-state index contributed by atoms with van der Waals surface area (Å²) in [6.45, 7) is 2.28. The molecule has 0 atom stereocenters. The fourth-order valence-electron chi connectivity index (χ4n) is 2.01. The Kier molecular flexibility index (Phi) is 4.94. The van der Waals surface area contributed by atoms with E-state index in [4.69, 9.17) is 9.47 Å². The second-order valence-electron chi connectivity index (χ2n) is 4.58. The summed E-state index contributed by atoms with van der Waals surface area (Å²) in [5, 5.41) is 0.881. The van der Waals surface area contributed by atoms with Gasteiger partial charge in [-0.2, -0.15) is 0 Å². The number of pyridine rings is 1. The zero-order chi connectivity index (χ0) is 15.2. The number of hydrogen-bond donors (Lipinski definition) is 2. The minimum atomic E-state index is -0.137. The number of para-hydroxylation sites is 1. The maximum absolute atomic E-state index is 11.6. The summed E-state index contributed by atoms with van der Waals surface area (Å²) in [6, 6.07) is 7.54. The Hall–Kier alpha value is -2.34. The second kappa shape index (κ2) is 6.90. The van der Waals surface area contributed by atoms with E-state index in [-0.39, 0.29) is 5.91 Å². The number of rotatable bonds is 6. The summed E-state index contributed by atoms with van der Waals surface area (Å²) in [7, 11) is 3.17. The highest BCUT2D eigenvalue weighted by Crippen LogP contribution is 2.29. The molecule has 0 aliphatic carbocycles. The van der Waals surface area contributed by atoms with Gasteiger partial charge in [-0.1, -0.05) is 12.1 Å². The maximum Gasteiger partial charge on any atom is 0.240 e. The monoisotopic (exact) mass is 289 g/mol. The van der Waals surface area contributed by atoms with Crippen molar-refractivity contribution >= 4 is 22.5 Å². The number of fused-ring (bicyclic) bond motifs is 1. The van der Waals surface area contributed by atoms with Crippen LogP contribution in [0.5, 0.6) is 5.75 Å². The number of methoxy groups -OCH3 is 2. The molecule has 112 valence electrons.